The Morgan fingerprint density at radius 3 is 2.36 bits per heavy atom. The van der Waals surface area contributed by atoms with Gasteiger partial charge < -0.3 is 14.8 Å². The van der Waals surface area contributed by atoms with E-state index in [2.05, 4.69) is 37.2 Å². The number of nitriles is 1. The number of carbonyl (C=O) groups is 2. The molecular weight excluding hydrogens is 588 g/mol. The van der Waals surface area contributed by atoms with Crippen LogP contribution in [0.25, 0.3) is 6.08 Å². The van der Waals surface area contributed by atoms with Gasteiger partial charge in [0.2, 0.25) is 0 Å². The average molecular weight is 612 g/mol. The van der Waals surface area contributed by atoms with Crippen molar-refractivity contribution in [3.8, 4) is 11.8 Å². The van der Waals surface area contributed by atoms with Crippen LogP contribution in [-0.4, -0.2) is 25.1 Å². The molecule has 0 aliphatic carbocycles. The van der Waals surface area contributed by atoms with Gasteiger partial charge in [0.05, 0.1) is 18.8 Å². The lowest BCUT2D eigenvalue weighted by Crippen LogP contribution is -2.13. The van der Waals surface area contributed by atoms with E-state index in [9.17, 15) is 14.9 Å². The largest absolute Gasteiger partial charge is 0.494 e. The van der Waals surface area contributed by atoms with Crippen molar-refractivity contribution < 1.29 is 19.1 Å². The SMILES string of the molecule is CCOC(=O)c1ccc(NC(=O)/C(C#N)=C/c2cc(Br)c(Cc3ccccc3Br)c(OCC)c2)cc1. The van der Waals surface area contributed by atoms with Crippen molar-refractivity contribution in [1.82, 2.24) is 0 Å². The smallest absolute Gasteiger partial charge is 0.338 e. The van der Waals surface area contributed by atoms with Crippen LogP contribution in [-0.2, 0) is 16.0 Å². The molecule has 0 radical (unpaired) electrons. The zero-order valence-electron chi connectivity index (χ0n) is 19.8. The van der Waals surface area contributed by atoms with Crippen LogP contribution in [0.3, 0.4) is 0 Å². The van der Waals surface area contributed by atoms with Crippen LogP contribution in [0.2, 0.25) is 0 Å². The van der Waals surface area contributed by atoms with Crippen LogP contribution in [0.4, 0.5) is 5.69 Å². The molecule has 36 heavy (non-hydrogen) atoms. The molecule has 0 fully saturated rings. The number of benzene rings is 3. The van der Waals surface area contributed by atoms with E-state index in [4.69, 9.17) is 9.47 Å². The average Bonchev–Trinajstić information content (AvgIpc) is 2.86. The summed E-state index contributed by atoms with van der Waals surface area (Å²) in [6, 6.07) is 19.9. The Morgan fingerprint density at radius 1 is 1.00 bits per heavy atom. The summed E-state index contributed by atoms with van der Waals surface area (Å²) in [5, 5.41) is 12.3. The van der Waals surface area contributed by atoms with Crippen molar-refractivity contribution >= 4 is 55.5 Å². The lowest BCUT2D eigenvalue weighted by Gasteiger charge is -2.15. The molecule has 0 aromatic heterocycles. The van der Waals surface area contributed by atoms with Crippen LogP contribution >= 0.6 is 31.9 Å². The molecule has 6 nitrogen and oxygen atoms in total. The molecule has 0 aliphatic heterocycles. The monoisotopic (exact) mass is 610 g/mol. The number of ether oxygens (including phenoxy) is 2. The number of rotatable bonds is 9. The zero-order chi connectivity index (χ0) is 26.1. The fourth-order valence-electron chi connectivity index (χ4n) is 3.42. The van der Waals surface area contributed by atoms with Crippen molar-refractivity contribution in [1.29, 1.82) is 5.26 Å². The maximum atomic E-state index is 12.8. The van der Waals surface area contributed by atoms with Gasteiger partial charge in [-0.05, 0) is 73.5 Å². The van der Waals surface area contributed by atoms with Crippen LogP contribution in [0.1, 0.15) is 40.9 Å². The first-order valence-electron chi connectivity index (χ1n) is 11.2. The van der Waals surface area contributed by atoms with Gasteiger partial charge in [-0.15, -0.1) is 0 Å². The molecule has 0 saturated heterocycles. The summed E-state index contributed by atoms with van der Waals surface area (Å²) < 4.78 is 12.7. The second kappa shape index (κ2) is 13.1. The third-order valence-corrected chi connectivity index (χ3v) is 6.61. The standard InChI is InChI=1S/C28H24Br2N2O4/c1-3-35-26-15-18(14-25(30)23(26)16-20-7-5-6-8-24(20)29)13-21(17-31)27(33)32-22-11-9-19(10-12-22)28(34)36-4-2/h5-15H,3-4,16H2,1-2H3,(H,32,33)/b21-13+. The third-order valence-electron chi connectivity index (χ3n) is 5.13. The molecular formula is C28H24Br2N2O4. The summed E-state index contributed by atoms with van der Waals surface area (Å²) in [6.07, 6.45) is 2.15. The normalized spacial score (nSPS) is 10.9. The van der Waals surface area contributed by atoms with Gasteiger partial charge in [0.25, 0.3) is 5.91 Å². The van der Waals surface area contributed by atoms with E-state index in [1.165, 1.54) is 6.08 Å². The van der Waals surface area contributed by atoms with E-state index in [0.29, 0.717) is 35.6 Å². The molecule has 1 amide bonds. The van der Waals surface area contributed by atoms with Gasteiger partial charge in [0.15, 0.2) is 0 Å². The predicted molar refractivity (Wildman–Crippen MR) is 147 cm³/mol. The van der Waals surface area contributed by atoms with Gasteiger partial charge in [0.1, 0.15) is 17.4 Å². The van der Waals surface area contributed by atoms with Gasteiger partial charge in [-0.2, -0.15) is 5.26 Å². The maximum Gasteiger partial charge on any atom is 0.338 e. The Bertz CT molecular complexity index is 1330. The fourth-order valence-corrected chi connectivity index (χ4v) is 4.45. The van der Waals surface area contributed by atoms with E-state index in [-0.39, 0.29) is 12.2 Å². The minimum atomic E-state index is -0.562. The quantitative estimate of drug-likeness (QED) is 0.161. The number of hydrogen-bond donors (Lipinski definition) is 1. The topological polar surface area (TPSA) is 88.4 Å². The molecule has 184 valence electrons. The summed E-state index contributed by atoms with van der Waals surface area (Å²) in [5.41, 5.74) is 3.47. The third kappa shape index (κ3) is 7.06. The first-order chi connectivity index (χ1) is 17.4. The fraction of sp³-hybridized carbons (Fsp3) is 0.179. The van der Waals surface area contributed by atoms with E-state index in [0.717, 1.165) is 20.1 Å². The molecule has 3 rings (SSSR count). The molecule has 3 aromatic rings. The molecule has 1 N–H and O–H groups in total. The number of nitrogens with zero attached hydrogens (tertiary/aromatic N) is 1. The zero-order valence-corrected chi connectivity index (χ0v) is 23.0. The van der Waals surface area contributed by atoms with E-state index in [1.807, 2.05) is 49.4 Å². The lowest BCUT2D eigenvalue weighted by atomic mass is 10.0. The second-order valence-electron chi connectivity index (χ2n) is 7.60. The van der Waals surface area contributed by atoms with Gasteiger partial charge >= 0.3 is 5.97 Å². The molecule has 0 bridgehead atoms. The molecule has 8 heteroatoms. The molecule has 0 aliphatic rings. The summed E-state index contributed by atoms with van der Waals surface area (Å²) in [7, 11) is 0. The van der Waals surface area contributed by atoms with Crippen molar-refractivity contribution in [2.75, 3.05) is 18.5 Å². The molecule has 0 spiro atoms. The van der Waals surface area contributed by atoms with Crippen LogP contribution in [0, 0.1) is 11.3 Å². The van der Waals surface area contributed by atoms with E-state index >= 15 is 0 Å². The van der Waals surface area contributed by atoms with Crippen LogP contribution in [0.5, 0.6) is 5.75 Å². The molecule has 3 aromatic carbocycles. The van der Waals surface area contributed by atoms with Crippen molar-refractivity contribution in [2.24, 2.45) is 0 Å². The highest BCUT2D eigenvalue weighted by molar-refractivity contribution is 9.10. The number of halogens is 2. The summed E-state index contributed by atoms with van der Waals surface area (Å²) in [5.74, 6) is -0.333. The molecule has 0 unspecified atom stereocenters. The van der Waals surface area contributed by atoms with Gasteiger partial charge in [0, 0.05) is 26.6 Å². The maximum absolute atomic E-state index is 12.8. The predicted octanol–water partition coefficient (Wildman–Crippen LogP) is 6.92. The number of esters is 1. The Hall–Kier alpha value is -3.41. The lowest BCUT2D eigenvalue weighted by molar-refractivity contribution is -0.112. The number of anilines is 1. The van der Waals surface area contributed by atoms with Gasteiger partial charge in [-0.1, -0.05) is 50.1 Å². The number of carbonyl (C=O) groups excluding carboxylic acids is 2. The van der Waals surface area contributed by atoms with Crippen molar-refractivity contribution in [2.45, 2.75) is 20.3 Å². The summed E-state index contributed by atoms with van der Waals surface area (Å²) in [4.78, 5) is 24.6. The number of hydrogen-bond acceptors (Lipinski definition) is 5. The Kier molecular flexibility index (Phi) is 9.86. The van der Waals surface area contributed by atoms with Gasteiger partial charge in [-0.25, -0.2) is 4.79 Å². The number of nitrogens with one attached hydrogen (secondary N) is 1. The minimum Gasteiger partial charge on any atom is -0.494 e. The summed E-state index contributed by atoms with van der Waals surface area (Å²) in [6.45, 7) is 4.38. The van der Waals surface area contributed by atoms with Crippen LogP contribution in [0.15, 0.2) is 75.2 Å². The Labute approximate surface area is 227 Å². The highest BCUT2D eigenvalue weighted by Crippen LogP contribution is 2.33. The highest BCUT2D eigenvalue weighted by atomic mass is 79.9. The first-order valence-corrected chi connectivity index (χ1v) is 12.8. The number of amides is 1. The molecule has 0 atom stereocenters. The molecule has 0 heterocycles. The Balaban J connectivity index is 1.84. The van der Waals surface area contributed by atoms with Crippen molar-refractivity contribution in [3.05, 3.63) is 97.4 Å². The van der Waals surface area contributed by atoms with Crippen LogP contribution < -0.4 is 10.1 Å². The summed E-state index contributed by atoms with van der Waals surface area (Å²) >= 11 is 7.23. The minimum absolute atomic E-state index is 0.0719. The first kappa shape index (κ1) is 27.2. The van der Waals surface area contributed by atoms with E-state index < -0.39 is 11.9 Å². The highest BCUT2D eigenvalue weighted by Gasteiger charge is 2.15. The van der Waals surface area contributed by atoms with Crippen molar-refractivity contribution in [3.63, 3.8) is 0 Å². The second-order valence-corrected chi connectivity index (χ2v) is 9.31. The Morgan fingerprint density at radius 2 is 1.72 bits per heavy atom. The van der Waals surface area contributed by atoms with Gasteiger partial charge in [-0.3, -0.25) is 4.79 Å². The van der Waals surface area contributed by atoms with E-state index in [1.54, 1.807) is 31.2 Å². The molecule has 0 saturated carbocycles.